The average Bonchev–Trinajstić information content (AvgIpc) is 3.10. The van der Waals surface area contributed by atoms with E-state index in [4.69, 9.17) is 4.74 Å². The standard InChI is InChI=1S/C19H18N2O3/c1-24-14-8-9-18-17(11-14)15-6-3-7-16(15)19(20-18)12-4-2-5-13(10-12)21(22)23/h2-6,8-11,15-16,19-20H,7H2,1H3/t15-,16+,19-/m0/s1. The summed E-state index contributed by atoms with van der Waals surface area (Å²) >= 11 is 0. The lowest BCUT2D eigenvalue weighted by Crippen LogP contribution is -2.29. The highest BCUT2D eigenvalue weighted by atomic mass is 16.6. The van der Waals surface area contributed by atoms with Gasteiger partial charge in [0.2, 0.25) is 0 Å². The highest BCUT2D eigenvalue weighted by Gasteiger charge is 2.38. The Labute approximate surface area is 140 Å². The first-order valence-electron chi connectivity index (χ1n) is 8.03. The fraction of sp³-hybridized carbons (Fsp3) is 0.263. The fourth-order valence-electron chi connectivity index (χ4n) is 3.86. The summed E-state index contributed by atoms with van der Waals surface area (Å²) in [7, 11) is 1.67. The topological polar surface area (TPSA) is 64.4 Å². The van der Waals surface area contributed by atoms with Crippen molar-refractivity contribution in [2.75, 3.05) is 12.4 Å². The maximum atomic E-state index is 11.1. The molecule has 5 heteroatoms. The van der Waals surface area contributed by atoms with Crippen molar-refractivity contribution in [2.45, 2.75) is 18.4 Å². The van der Waals surface area contributed by atoms with Crippen molar-refractivity contribution in [1.29, 1.82) is 0 Å². The molecule has 0 aromatic heterocycles. The summed E-state index contributed by atoms with van der Waals surface area (Å²) < 4.78 is 5.36. The van der Waals surface area contributed by atoms with Gasteiger partial charge in [0.15, 0.2) is 0 Å². The monoisotopic (exact) mass is 322 g/mol. The maximum Gasteiger partial charge on any atom is 0.269 e. The summed E-state index contributed by atoms with van der Waals surface area (Å²) in [5.41, 5.74) is 3.40. The number of nitrogens with zero attached hydrogens (tertiary/aromatic N) is 1. The van der Waals surface area contributed by atoms with Crippen molar-refractivity contribution >= 4 is 11.4 Å². The summed E-state index contributed by atoms with van der Waals surface area (Å²) in [5, 5.41) is 14.7. The summed E-state index contributed by atoms with van der Waals surface area (Å²) in [6.45, 7) is 0. The third-order valence-electron chi connectivity index (χ3n) is 5.01. The molecule has 24 heavy (non-hydrogen) atoms. The highest BCUT2D eigenvalue weighted by Crippen LogP contribution is 2.50. The quantitative estimate of drug-likeness (QED) is 0.516. The van der Waals surface area contributed by atoms with Crippen LogP contribution in [0.1, 0.15) is 29.5 Å². The molecule has 1 N–H and O–H groups in total. The number of nitrogens with one attached hydrogen (secondary N) is 1. The minimum absolute atomic E-state index is 0.0609. The summed E-state index contributed by atoms with van der Waals surface area (Å²) in [6.07, 6.45) is 5.41. The van der Waals surface area contributed by atoms with Crippen LogP contribution in [0.5, 0.6) is 5.75 Å². The number of benzene rings is 2. The molecule has 2 aromatic rings. The van der Waals surface area contributed by atoms with Crippen LogP contribution in [-0.4, -0.2) is 12.0 Å². The van der Waals surface area contributed by atoms with Crippen LogP contribution in [0.3, 0.4) is 0 Å². The van der Waals surface area contributed by atoms with Crippen LogP contribution in [-0.2, 0) is 0 Å². The molecule has 2 aliphatic rings. The van der Waals surface area contributed by atoms with E-state index in [0.29, 0.717) is 11.8 Å². The molecule has 0 spiro atoms. The zero-order valence-electron chi connectivity index (χ0n) is 13.3. The number of hydrogen-bond acceptors (Lipinski definition) is 4. The maximum absolute atomic E-state index is 11.1. The van der Waals surface area contributed by atoms with Gasteiger partial charge in [0.05, 0.1) is 18.1 Å². The molecule has 0 amide bonds. The minimum Gasteiger partial charge on any atom is -0.497 e. The molecule has 2 aromatic carbocycles. The van der Waals surface area contributed by atoms with Crippen LogP contribution in [0.25, 0.3) is 0 Å². The first kappa shape index (κ1) is 14.8. The molecule has 122 valence electrons. The molecule has 5 nitrogen and oxygen atoms in total. The van der Waals surface area contributed by atoms with Crippen LogP contribution in [0.15, 0.2) is 54.6 Å². The number of ether oxygens (including phenoxy) is 1. The Morgan fingerprint density at radius 1 is 1.25 bits per heavy atom. The molecule has 0 bridgehead atoms. The van der Waals surface area contributed by atoms with Gasteiger partial charge in [-0.1, -0.05) is 24.3 Å². The Morgan fingerprint density at radius 3 is 2.92 bits per heavy atom. The van der Waals surface area contributed by atoms with Gasteiger partial charge in [-0.15, -0.1) is 0 Å². The zero-order chi connectivity index (χ0) is 16.7. The van der Waals surface area contributed by atoms with Crippen molar-refractivity contribution in [1.82, 2.24) is 0 Å². The van der Waals surface area contributed by atoms with Gasteiger partial charge in [0.1, 0.15) is 5.75 Å². The molecule has 4 rings (SSSR count). The van der Waals surface area contributed by atoms with E-state index in [2.05, 4.69) is 23.5 Å². The summed E-state index contributed by atoms with van der Waals surface area (Å²) in [6, 6.07) is 13.1. The molecule has 0 unspecified atom stereocenters. The van der Waals surface area contributed by atoms with E-state index in [1.54, 1.807) is 19.2 Å². The molecule has 1 heterocycles. The van der Waals surface area contributed by atoms with Gasteiger partial charge >= 0.3 is 0 Å². The lowest BCUT2D eigenvalue weighted by molar-refractivity contribution is -0.384. The van der Waals surface area contributed by atoms with Gasteiger partial charge < -0.3 is 10.1 Å². The lowest BCUT2D eigenvalue weighted by Gasteiger charge is -2.37. The molecule has 3 atom stereocenters. The largest absolute Gasteiger partial charge is 0.497 e. The van der Waals surface area contributed by atoms with Gasteiger partial charge in [-0.3, -0.25) is 10.1 Å². The molecule has 1 aliphatic carbocycles. The van der Waals surface area contributed by atoms with Crippen molar-refractivity contribution in [3.8, 4) is 5.75 Å². The number of non-ortho nitro benzene ring substituents is 1. The Balaban J connectivity index is 1.76. The summed E-state index contributed by atoms with van der Waals surface area (Å²) in [5.74, 6) is 1.51. The molecule has 0 saturated carbocycles. The van der Waals surface area contributed by atoms with E-state index in [9.17, 15) is 10.1 Å². The Kier molecular flexibility index (Phi) is 3.49. The van der Waals surface area contributed by atoms with E-state index in [0.717, 1.165) is 23.4 Å². The predicted molar refractivity (Wildman–Crippen MR) is 92.4 cm³/mol. The Hall–Kier alpha value is -2.82. The normalized spacial score (nSPS) is 24.0. The lowest BCUT2D eigenvalue weighted by atomic mass is 9.77. The van der Waals surface area contributed by atoms with Crippen LogP contribution < -0.4 is 10.1 Å². The van der Waals surface area contributed by atoms with E-state index in [-0.39, 0.29) is 16.7 Å². The van der Waals surface area contributed by atoms with E-state index >= 15 is 0 Å². The third kappa shape index (κ3) is 2.33. The number of rotatable bonds is 3. The molecule has 0 radical (unpaired) electrons. The molecular weight excluding hydrogens is 304 g/mol. The van der Waals surface area contributed by atoms with Gasteiger partial charge in [0.25, 0.3) is 5.69 Å². The number of hydrogen-bond donors (Lipinski definition) is 1. The van der Waals surface area contributed by atoms with E-state index in [1.807, 2.05) is 18.2 Å². The second-order valence-corrected chi connectivity index (χ2v) is 6.28. The zero-order valence-corrected chi connectivity index (χ0v) is 13.3. The third-order valence-corrected chi connectivity index (χ3v) is 5.01. The van der Waals surface area contributed by atoms with Gasteiger partial charge in [0, 0.05) is 23.7 Å². The van der Waals surface area contributed by atoms with Crippen molar-refractivity contribution in [3.05, 3.63) is 75.9 Å². The number of methoxy groups -OCH3 is 1. The van der Waals surface area contributed by atoms with E-state index < -0.39 is 0 Å². The number of nitro benzene ring substituents is 1. The van der Waals surface area contributed by atoms with Crippen LogP contribution >= 0.6 is 0 Å². The number of nitro groups is 1. The fourth-order valence-corrected chi connectivity index (χ4v) is 3.86. The Bertz CT molecular complexity index is 831. The smallest absolute Gasteiger partial charge is 0.269 e. The van der Waals surface area contributed by atoms with Crippen LogP contribution in [0, 0.1) is 16.0 Å². The predicted octanol–water partition coefficient (Wildman–Crippen LogP) is 4.43. The molecule has 1 aliphatic heterocycles. The number of anilines is 1. The number of fused-ring (bicyclic) bond motifs is 3. The van der Waals surface area contributed by atoms with Gasteiger partial charge in [-0.2, -0.15) is 0 Å². The molecular formula is C19H18N2O3. The van der Waals surface area contributed by atoms with Crippen LogP contribution in [0.4, 0.5) is 11.4 Å². The molecule has 0 saturated heterocycles. The van der Waals surface area contributed by atoms with Crippen molar-refractivity contribution < 1.29 is 9.66 Å². The van der Waals surface area contributed by atoms with Crippen LogP contribution in [0.2, 0.25) is 0 Å². The van der Waals surface area contributed by atoms with Gasteiger partial charge in [-0.25, -0.2) is 0 Å². The minimum atomic E-state index is -0.338. The SMILES string of the molecule is COc1ccc2c(c1)[C@H]1C=CC[C@H]1[C@H](c1cccc([N+](=O)[O-])c1)N2. The second kappa shape index (κ2) is 5.67. The summed E-state index contributed by atoms with van der Waals surface area (Å²) in [4.78, 5) is 10.8. The van der Waals surface area contributed by atoms with Gasteiger partial charge in [-0.05, 0) is 41.7 Å². The first-order chi connectivity index (χ1) is 11.7. The highest BCUT2D eigenvalue weighted by molar-refractivity contribution is 5.62. The Morgan fingerprint density at radius 2 is 2.12 bits per heavy atom. The second-order valence-electron chi connectivity index (χ2n) is 6.28. The first-order valence-corrected chi connectivity index (χ1v) is 8.03. The van der Waals surface area contributed by atoms with E-state index in [1.165, 1.54) is 11.6 Å². The molecule has 0 fully saturated rings. The number of allylic oxidation sites excluding steroid dienone is 2. The van der Waals surface area contributed by atoms with Crippen molar-refractivity contribution in [2.24, 2.45) is 5.92 Å². The average molecular weight is 322 g/mol. The van der Waals surface area contributed by atoms with Crippen molar-refractivity contribution in [3.63, 3.8) is 0 Å².